The summed E-state index contributed by atoms with van der Waals surface area (Å²) < 4.78 is 52.1. The number of carbonyl (C=O) groups excluding carboxylic acids is 1. The van der Waals surface area contributed by atoms with Crippen LogP contribution in [0.25, 0.3) is 10.8 Å². The smallest absolute Gasteiger partial charge is 0.272 e. The van der Waals surface area contributed by atoms with E-state index in [2.05, 4.69) is 5.10 Å². The molecule has 0 saturated heterocycles. The van der Waals surface area contributed by atoms with Crippen LogP contribution in [0.15, 0.2) is 52.2 Å². The molecular weight excluding hydrogens is 394 g/mol. The Morgan fingerprint density at radius 1 is 1.14 bits per heavy atom. The van der Waals surface area contributed by atoms with Gasteiger partial charge in [-0.25, -0.2) is 21.9 Å². The van der Waals surface area contributed by atoms with Gasteiger partial charge in [0, 0.05) is 18.0 Å². The Kier molecular flexibility index (Phi) is 5.21. The van der Waals surface area contributed by atoms with Gasteiger partial charge in [-0.05, 0) is 25.1 Å². The van der Waals surface area contributed by atoms with Crippen molar-refractivity contribution >= 4 is 26.7 Å². The molecule has 0 fully saturated rings. The van der Waals surface area contributed by atoms with Crippen molar-refractivity contribution in [3.05, 3.63) is 70.1 Å². The topological polar surface area (TPSA) is 110 Å². The van der Waals surface area contributed by atoms with E-state index in [0.29, 0.717) is 6.07 Å². The van der Waals surface area contributed by atoms with Crippen molar-refractivity contribution in [3.8, 4) is 0 Å². The molecule has 1 amide bonds. The Morgan fingerprint density at radius 2 is 1.82 bits per heavy atom. The first-order chi connectivity index (χ1) is 13.2. The van der Waals surface area contributed by atoms with E-state index in [1.807, 2.05) is 5.43 Å². The molecule has 0 aliphatic heterocycles. The van der Waals surface area contributed by atoms with Crippen LogP contribution >= 0.6 is 0 Å². The van der Waals surface area contributed by atoms with Gasteiger partial charge in [-0.15, -0.1) is 4.83 Å². The van der Waals surface area contributed by atoms with E-state index in [-0.39, 0.29) is 23.0 Å². The van der Waals surface area contributed by atoms with Crippen LogP contribution in [0.2, 0.25) is 0 Å². The number of hydrogen-bond acceptors (Lipinski definition) is 5. The van der Waals surface area contributed by atoms with Crippen LogP contribution < -0.4 is 15.8 Å². The van der Waals surface area contributed by atoms with Gasteiger partial charge in [0.05, 0.1) is 5.39 Å². The van der Waals surface area contributed by atoms with Gasteiger partial charge < -0.3 is 0 Å². The zero-order valence-electron chi connectivity index (χ0n) is 14.4. The van der Waals surface area contributed by atoms with E-state index in [1.165, 1.54) is 12.1 Å². The van der Waals surface area contributed by atoms with Crippen molar-refractivity contribution in [2.45, 2.75) is 18.4 Å². The highest BCUT2D eigenvalue weighted by atomic mass is 32.2. The summed E-state index contributed by atoms with van der Waals surface area (Å²) in [6, 6.07) is 8.12. The van der Waals surface area contributed by atoms with E-state index in [4.69, 9.17) is 0 Å². The van der Waals surface area contributed by atoms with Gasteiger partial charge in [0.2, 0.25) is 0 Å². The highest BCUT2D eigenvalue weighted by Crippen LogP contribution is 2.16. The number of rotatable bonds is 5. The summed E-state index contributed by atoms with van der Waals surface area (Å²) in [4.78, 5) is 25.7. The summed E-state index contributed by atoms with van der Waals surface area (Å²) in [6.45, 7) is 1.85. The van der Waals surface area contributed by atoms with Gasteiger partial charge in [0.15, 0.2) is 5.69 Å². The van der Waals surface area contributed by atoms with E-state index in [1.54, 1.807) is 23.9 Å². The first kappa shape index (κ1) is 19.6. The third-order valence-corrected chi connectivity index (χ3v) is 5.15. The lowest BCUT2D eigenvalue weighted by atomic mass is 10.1. The molecule has 3 rings (SSSR count). The average molecular weight is 408 g/mol. The van der Waals surface area contributed by atoms with E-state index < -0.39 is 38.0 Å². The van der Waals surface area contributed by atoms with Gasteiger partial charge in [-0.3, -0.25) is 15.0 Å². The summed E-state index contributed by atoms with van der Waals surface area (Å²) in [5, 5.41) is 4.41. The fraction of sp³-hybridized carbons (Fsp3) is 0.118. The number of sulfonamides is 1. The Bertz CT molecular complexity index is 1240. The number of nitrogens with zero attached hydrogens (tertiary/aromatic N) is 2. The molecule has 146 valence electrons. The van der Waals surface area contributed by atoms with Crippen molar-refractivity contribution in [2.24, 2.45) is 0 Å². The molecule has 2 N–H and O–H groups in total. The predicted octanol–water partition coefficient (Wildman–Crippen LogP) is 1.32. The third kappa shape index (κ3) is 3.62. The van der Waals surface area contributed by atoms with Crippen molar-refractivity contribution < 1.29 is 22.0 Å². The highest BCUT2D eigenvalue weighted by molar-refractivity contribution is 7.89. The number of hydrazine groups is 1. The molecule has 28 heavy (non-hydrogen) atoms. The Morgan fingerprint density at radius 3 is 2.46 bits per heavy atom. The minimum atomic E-state index is -4.51. The minimum Gasteiger partial charge on any atom is -0.272 e. The first-order valence-corrected chi connectivity index (χ1v) is 9.50. The molecule has 0 aliphatic carbocycles. The lowest BCUT2D eigenvalue weighted by Gasteiger charge is -2.11. The number of benzene rings is 2. The molecular formula is C17H14F2N4O4S. The van der Waals surface area contributed by atoms with Gasteiger partial charge >= 0.3 is 0 Å². The summed E-state index contributed by atoms with van der Waals surface area (Å²) in [5.74, 6) is -3.22. The Balaban J connectivity index is 1.94. The molecule has 0 bridgehead atoms. The molecule has 2 aromatic carbocycles. The largest absolute Gasteiger partial charge is 0.287 e. The number of nitrogens with one attached hydrogen (secondary N) is 2. The summed E-state index contributed by atoms with van der Waals surface area (Å²) in [5.41, 5.74) is 1.33. The molecule has 0 radical (unpaired) electrons. The van der Waals surface area contributed by atoms with Crippen molar-refractivity contribution in [2.75, 3.05) is 0 Å². The molecule has 0 unspecified atom stereocenters. The summed E-state index contributed by atoms with van der Waals surface area (Å²) in [7, 11) is -4.51. The second-order valence-corrected chi connectivity index (χ2v) is 7.30. The third-order valence-electron chi connectivity index (χ3n) is 3.86. The predicted molar refractivity (Wildman–Crippen MR) is 95.8 cm³/mol. The van der Waals surface area contributed by atoms with Crippen LogP contribution in [-0.4, -0.2) is 24.1 Å². The lowest BCUT2D eigenvalue weighted by Crippen LogP contribution is -2.43. The van der Waals surface area contributed by atoms with Crippen molar-refractivity contribution in [1.82, 2.24) is 20.0 Å². The minimum absolute atomic E-state index is 0.191. The van der Waals surface area contributed by atoms with Crippen molar-refractivity contribution in [1.29, 1.82) is 0 Å². The number of hydrogen-bond donors (Lipinski definition) is 2. The standard InChI is InChI=1S/C17H14F2N4O4S/c1-2-23-17(25)12-6-4-3-5-11(12)15(21-23)16(24)20-22-28(26,27)14-8-7-10(18)9-13(14)19/h3-9,22H,2H2,1H3,(H,20,24). The second-order valence-electron chi connectivity index (χ2n) is 5.65. The number of amides is 1. The molecule has 11 heteroatoms. The van der Waals surface area contributed by atoms with Gasteiger partial charge in [0.1, 0.15) is 16.5 Å². The Labute approximate surface area is 157 Å². The van der Waals surface area contributed by atoms with Crippen LogP contribution in [0.1, 0.15) is 17.4 Å². The molecule has 0 atom stereocenters. The van der Waals surface area contributed by atoms with E-state index in [9.17, 15) is 26.8 Å². The Hall–Kier alpha value is -3.18. The number of fused-ring (bicyclic) bond motifs is 1. The van der Waals surface area contributed by atoms with Crippen LogP contribution in [0.3, 0.4) is 0 Å². The monoisotopic (exact) mass is 408 g/mol. The quantitative estimate of drug-likeness (QED) is 0.619. The zero-order chi connectivity index (χ0) is 20.5. The maximum absolute atomic E-state index is 13.7. The zero-order valence-corrected chi connectivity index (χ0v) is 15.3. The normalized spacial score (nSPS) is 11.5. The van der Waals surface area contributed by atoms with Gasteiger partial charge in [-0.1, -0.05) is 18.2 Å². The van der Waals surface area contributed by atoms with Crippen LogP contribution in [0, 0.1) is 11.6 Å². The first-order valence-electron chi connectivity index (χ1n) is 8.01. The average Bonchev–Trinajstić information content (AvgIpc) is 2.66. The van der Waals surface area contributed by atoms with Gasteiger partial charge in [0.25, 0.3) is 21.5 Å². The number of aromatic nitrogens is 2. The number of carbonyl (C=O) groups is 1. The number of halogens is 2. The molecule has 1 heterocycles. The maximum Gasteiger partial charge on any atom is 0.287 e. The van der Waals surface area contributed by atoms with Gasteiger partial charge in [-0.2, -0.15) is 5.10 Å². The molecule has 0 saturated carbocycles. The number of aryl methyl sites for hydroxylation is 1. The summed E-state index contributed by atoms with van der Waals surface area (Å²) >= 11 is 0. The van der Waals surface area contributed by atoms with Crippen molar-refractivity contribution in [3.63, 3.8) is 0 Å². The fourth-order valence-corrected chi connectivity index (χ4v) is 3.44. The molecule has 0 aliphatic rings. The van der Waals surface area contributed by atoms with E-state index in [0.717, 1.165) is 16.8 Å². The van der Waals surface area contributed by atoms with Crippen LogP contribution in [-0.2, 0) is 16.6 Å². The highest BCUT2D eigenvalue weighted by Gasteiger charge is 2.22. The summed E-state index contributed by atoms with van der Waals surface area (Å²) in [6.07, 6.45) is 0. The molecule has 1 aromatic heterocycles. The molecule has 3 aromatic rings. The van der Waals surface area contributed by atoms with E-state index >= 15 is 0 Å². The molecule has 8 nitrogen and oxygen atoms in total. The fourth-order valence-electron chi connectivity index (χ4n) is 2.54. The maximum atomic E-state index is 13.7. The lowest BCUT2D eigenvalue weighted by molar-refractivity contribution is 0.0939. The second kappa shape index (κ2) is 7.44. The van der Waals surface area contributed by atoms with Crippen LogP contribution in [0.5, 0.6) is 0 Å². The molecule has 0 spiro atoms. The van der Waals surface area contributed by atoms with Crippen LogP contribution in [0.4, 0.5) is 8.78 Å². The SMILES string of the molecule is CCn1nc(C(=O)NNS(=O)(=O)c2ccc(F)cc2F)c2ccccc2c1=O.